The fraction of sp³-hybridized carbons (Fsp3) is 0.125. The third-order valence-corrected chi connectivity index (χ3v) is 4.08. The lowest BCUT2D eigenvalue weighted by Crippen LogP contribution is -1.98. The van der Waals surface area contributed by atoms with Gasteiger partial charge in [-0.1, -0.05) is 40.2 Å². The Hall–Kier alpha value is -1.68. The molecule has 0 spiro atoms. The van der Waals surface area contributed by atoms with E-state index in [0.29, 0.717) is 12.0 Å². The van der Waals surface area contributed by atoms with Crippen LogP contribution >= 0.6 is 15.9 Å². The molecule has 1 aromatic heterocycles. The molecule has 1 atom stereocenters. The lowest BCUT2D eigenvalue weighted by molar-refractivity contribution is 0.570. The van der Waals surface area contributed by atoms with Gasteiger partial charge in [-0.15, -0.1) is 0 Å². The summed E-state index contributed by atoms with van der Waals surface area (Å²) in [4.78, 5) is -0.0916. The van der Waals surface area contributed by atoms with Crippen LogP contribution in [0.15, 0.2) is 53.1 Å². The molecule has 0 saturated carbocycles. The van der Waals surface area contributed by atoms with E-state index in [-0.39, 0.29) is 4.83 Å². The Bertz CT molecular complexity index is 751. The van der Waals surface area contributed by atoms with Crippen molar-refractivity contribution in [3.63, 3.8) is 0 Å². The van der Waals surface area contributed by atoms with Crippen LogP contribution in [0, 0.1) is 11.6 Å². The third kappa shape index (κ3) is 2.48. The molecule has 1 nitrogen and oxygen atoms in total. The first-order chi connectivity index (χ1) is 9.65. The minimum absolute atomic E-state index is 0.0916. The topological polar surface area (TPSA) is 13.1 Å². The first-order valence-corrected chi connectivity index (χ1v) is 7.11. The second-order valence-electron chi connectivity index (χ2n) is 4.59. The van der Waals surface area contributed by atoms with E-state index < -0.39 is 11.6 Å². The summed E-state index contributed by atoms with van der Waals surface area (Å²) in [6.07, 6.45) is 2.10. The van der Waals surface area contributed by atoms with Gasteiger partial charge in [0.05, 0.1) is 6.26 Å². The fourth-order valence-electron chi connectivity index (χ4n) is 2.23. The van der Waals surface area contributed by atoms with Gasteiger partial charge in [-0.3, -0.25) is 0 Å². The zero-order valence-electron chi connectivity index (χ0n) is 10.4. The van der Waals surface area contributed by atoms with Gasteiger partial charge in [-0.2, -0.15) is 0 Å². The summed E-state index contributed by atoms with van der Waals surface area (Å²) in [5.74, 6) is -1.09. The van der Waals surface area contributed by atoms with Crippen molar-refractivity contribution in [3.05, 3.63) is 71.5 Å². The number of hydrogen-bond donors (Lipinski definition) is 0. The summed E-state index contributed by atoms with van der Waals surface area (Å²) >= 11 is 3.56. The molecule has 0 aliphatic rings. The van der Waals surface area contributed by atoms with Crippen molar-refractivity contribution < 1.29 is 13.2 Å². The van der Waals surface area contributed by atoms with E-state index in [1.807, 2.05) is 24.3 Å². The maximum atomic E-state index is 13.7. The number of halogens is 3. The molecule has 102 valence electrons. The number of benzene rings is 2. The van der Waals surface area contributed by atoms with Gasteiger partial charge in [0.15, 0.2) is 0 Å². The van der Waals surface area contributed by atoms with Crippen molar-refractivity contribution in [2.24, 2.45) is 0 Å². The zero-order valence-corrected chi connectivity index (χ0v) is 12.0. The van der Waals surface area contributed by atoms with Crippen LogP contribution in [0.1, 0.15) is 16.0 Å². The SMILES string of the molecule is Fc1ccc(CC(Br)c2coc3ccccc23)c(F)c1. The molecule has 2 aromatic carbocycles. The second-order valence-corrected chi connectivity index (χ2v) is 5.70. The monoisotopic (exact) mass is 336 g/mol. The van der Waals surface area contributed by atoms with E-state index in [9.17, 15) is 8.78 Å². The van der Waals surface area contributed by atoms with E-state index in [1.165, 1.54) is 12.1 Å². The summed E-state index contributed by atoms with van der Waals surface area (Å²) in [5.41, 5.74) is 2.23. The van der Waals surface area contributed by atoms with Crippen LogP contribution in [-0.4, -0.2) is 0 Å². The van der Waals surface area contributed by atoms with Gasteiger partial charge in [0.1, 0.15) is 17.2 Å². The molecule has 0 fully saturated rings. The van der Waals surface area contributed by atoms with E-state index in [0.717, 1.165) is 22.6 Å². The molecule has 0 N–H and O–H groups in total. The van der Waals surface area contributed by atoms with Crippen LogP contribution in [0.4, 0.5) is 8.78 Å². The van der Waals surface area contributed by atoms with E-state index in [1.54, 1.807) is 6.26 Å². The van der Waals surface area contributed by atoms with Crippen LogP contribution in [-0.2, 0) is 6.42 Å². The van der Waals surface area contributed by atoms with Crippen LogP contribution in [0.2, 0.25) is 0 Å². The number of alkyl halides is 1. The number of fused-ring (bicyclic) bond motifs is 1. The first-order valence-electron chi connectivity index (χ1n) is 6.19. The Labute approximate surface area is 123 Å². The van der Waals surface area contributed by atoms with Crippen LogP contribution in [0.3, 0.4) is 0 Å². The summed E-state index contributed by atoms with van der Waals surface area (Å²) in [7, 11) is 0. The first kappa shape index (κ1) is 13.3. The van der Waals surface area contributed by atoms with E-state index in [2.05, 4.69) is 15.9 Å². The predicted octanol–water partition coefficient (Wildman–Crippen LogP) is 5.39. The zero-order chi connectivity index (χ0) is 14.1. The lowest BCUT2D eigenvalue weighted by Gasteiger charge is -2.09. The maximum Gasteiger partial charge on any atom is 0.134 e. The van der Waals surface area contributed by atoms with Gasteiger partial charge in [-0.25, -0.2) is 8.78 Å². The molecule has 3 aromatic rings. The van der Waals surface area contributed by atoms with Crippen molar-refractivity contribution in [2.45, 2.75) is 11.2 Å². The minimum atomic E-state index is -0.564. The Morgan fingerprint density at radius 1 is 1.10 bits per heavy atom. The van der Waals surface area contributed by atoms with Crippen molar-refractivity contribution in [3.8, 4) is 0 Å². The normalized spacial score (nSPS) is 12.8. The maximum absolute atomic E-state index is 13.7. The highest BCUT2D eigenvalue weighted by molar-refractivity contribution is 9.09. The Kier molecular flexibility index (Phi) is 3.57. The molecule has 0 bridgehead atoms. The van der Waals surface area contributed by atoms with Gasteiger partial charge in [-0.05, 0) is 24.1 Å². The van der Waals surface area contributed by atoms with Crippen LogP contribution in [0.5, 0.6) is 0 Å². The molecule has 3 rings (SSSR count). The average Bonchev–Trinajstić information content (AvgIpc) is 2.86. The van der Waals surface area contributed by atoms with Gasteiger partial charge in [0.25, 0.3) is 0 Å². The number of para-hydroxylation sites is 1. The van der Waals surface area contributed by atoms with Gasteiger partial charge >= 0.3 is 0 Å². The van der Waals surface area contributed by atoms with Crippen LogP contribution in [0.25, 0.3) is 11.0 Å². The summed E-state index contributed by atoms with van der Waals surface area (Å²) in [6.45, 7) is 0. The van der Waals surface area contributed by atoms with Crippen molar-refractivity contribution in [1.82, 2.24) is 0 Å². The number of furan rings is 1. The smallest absolute Gasteiger partial charge is 0.134 e. The standard InChI is InChI=1S/C16H11BrF2O/c17-14(7-10-5-6-11(18)8-15(10)19)13-9-20-16-4-2-1-3-12(13)16/h1-6,8-9,14H,7H2. The van der Waals surface area contributed by atoms with Crippen molar-refractivity contribution in [2.75, 3.05) is 0 Å². The summed E-state index contributed by atoms with van der Waals surface area (Å²) in [6, 6.07) is 11.3. The van der Waals surface area contributed by atoms with Gasteiger partial charge in [0.2, 0.25) is 0 Å². The quantitative estimate of drug-likeness (QED) is 0.584. The van der Waals surface area contributed by atoms with Crippen molar-refractivity contribution >= 4 is 26.9 Å². The Morgan fingerprint density at radius 3 is 2.70 bits per heavy atom. The molecule has 0 saturated heterocycles. The highest BCUT2D eigenvalue weighted by atomic mass is 79.9. The molecule has 0 radical (unpaired) electrons. The number of rotatable bonds is 3. The van der Waals surface area contributed by atoms with Crippen molar-refractivity contribution in [1.29, 1.82) is 0 Å². The molecular formula is C16H11BrF2O. The molecule has 0 aliphatic carbocycles. The van der Waals surface area contributed by atoms with Crippen LogP contribution < -0.4 is 0 Å². The van der Waals surface area contributed by atoms with Gasteiger partial charge < -0.3 is 4.42 Å². The number of hydrogen-bond acceptors (Lipinski definition) is 1. The molecular weight excluding hydrogens is 326 g/mol. The highest BCUT2D eigenvalue weighted by Crippen LogP contribution is 2.34. The second kappa shape index (κ2) is 5.37. The Morgan fingerprint density at radius 2 is 1.90 bits per heavy atom. The van der Waals surface area contributed by atoms with E-state index in [4.69, 9.17) is 4.42 Å². The molecule has 1 unspecified atom stereocenters. The molecule has 0 amide bonds. The average molecular weight is 337 g/mol. The largest absolute Gasteiger partial charge is 0.464 e. The third-order valence-electron chi connectivity index (χ3n) is 3.26. The highest BCUT2D eigenvalue weighted by Gasteiger charge is 2.16. The summed E-state index contributed by atoms with van der Waals surface area (Å²) in [5, 5.41) is 0.997. The minimum Gasteiger partial charge on any atom is -0.464 e. The molecule has 4 heteroatoms. The Balaban J connectivity index is 1.91. The van der Waals surface area contributed by atoms with E-state index >= 15 is 0 Å². The lowest BCUT2D eigenvalue weighted by atomic mass is 10.0. The predicted molar refractivity (Wildman–Crippen MR) is 77.9 cm³/mol. The summed E-state index contributed by atoms with van der Waals surface area (Å²) < 4.78 is 32.1. The van der Waals surface area contributed by atoms with Gasteiger partial charge in [0, 0.05) is 21.8 Å². The molecule has 20 heavy (non-hydrogen) atoms. The fourth-order valence-corrected chi connectivity index (χ4v) is 2.93. The molecule has 0 aliphatic heterocycles. The molecule has 1 heterocycles.